The third-order valence-electron chi connectivity index (χ3n) is 4.94. The summed E-state index contributed by atoms with van der Waals surface area (Å²) in [6, 6.07) is 12.7. The van der Waals surface area contributed by atoms with Crippen molar-refractivity contribution in [2.45, 2.75) is 36.9 Å². The van der Waals surface area contributed by atoms with Gasteiger partial charge in [0.2, 0.25) is 0 Å². The molecule has 0 aliphatic carbocycles. The highest BCUT2D eigenvalue weighted by atomic mass is 32.2. The van der Waals surface area contributed by atoms with Gasteiger partial charge in [-0.1, -0.05) is 24.3 Å². The second-order valence-corrected chi connectivity index (χ2v) is 8.78. The molecule has 1 saturated heterocycles. The summed E-state index contributed by atoms with van der Waals surface area (Å²) in [6.07, 6.45) is -4.42. The van der Waals surface area contributed by atoms with Gasteiger partial charge in [-0.25, -0.2) is 0 Å². The first-order valence-electron chi connectivity index (χ1n) is 9.94. The summed E-state index contributed by atoms with van der Waals surface area (Å²) in [5, 5.41) is 17.3. The highest BCUT2D eigenvalue weighted by molar-refractivity contribution is 8.00. The molecular formula is C22H27F3N2O2S. The first kappa shape index (κ1) is 22.9. The number of nitrogens with one attached hydrogen (secondary N) is 2. The van der Waals surface area contributed by atoms with Crippen molar-refractivity contribution < 1.29 is 23.0 Å². The fraction of sp³-hybridized carbons (Fsp3) is 0.455. The van der Waals surface area contributed by atoms with E-state index in [0.29, 0.717) is 11.9 Å². The number of aliphatic hydroxyl groups excluding tert-OH is 1. The minimum Gasteiger partial charge on any atom is -0.492 e. The normalized spacial score (nSPS) is 18.9. The van der Waals surface area contributed by atoms with E-state index in [1.165, 1.54) is 17.7 Å². The van der Waals surface area contributed by atoms with Gasteiger partial charge in [-0.15, -0.1) is 11.8 Å². The largest absolute Gasteiger partial charge is 0.492 e. The van der Waals surface area contributed by atoms with Crippen LogP contribution in [0.2, 0.25) is 0 Å². The molecule has 8 heteroatoms. The van der Waals surface area contributed by atoms with Gasteiger partial charge in [-0.2, -0.15) is 13.2 Å². The molecule has 0 aromatic heterocycles. The Morgan fingerprint density at radius 3 is 2.67 bits per heavy atom. The van der Waals surface area contributed by atoms with Crippen LogP contribution in [0.4, 0.5) is 13.2 Å². The zero-order chi connectivity index (χ0) is 21.6. The molecule has 0 saturated carbocycles. The minimum absolute atomic E-state index is 0.0777. The molecule has 1 heterocycles. The molecule has 1 aliphatic rings. The summed E-state index contributed by atoms with van der Waals surface area (Å²) in [5.41, 5.74) is 0.747. The van der Waals surface area contributed by atoms with Gasteiger partial charge in [-0.05, 0) is 48.7 Å². The zero-order valence-electron chi connectivity index (χ0n) is 16.8. The van der Waals surface area contributed by atoms with Crippen LogP contribution in [-0.4, -0.2) is 42.0 Å². The lowest BCUT2D eigenvalue weighted by molar-refractivity contribution is -0.137. The average Bonchev–Trinajstić information content (AvgIpc) is 3.24. The van der Waals surface area contributed by atoms with Crippen molar-refractivity contribution >= 4 is 11.8 Å². The topological polar surface area (TPSA) is 53.5 Å². The van der Waals surface area contributed by atoms with E-state index in [1.807, 2.05) is 30.8 Å². The second kappa shape index (κ2) is 10.5. The summed E-state index contributed by atoms with van der Waals surface area (Å²) in [6.45, 7) is 3.46. The molecule has 3 atom stereocenters. The van der Waals surface area contributed by atoms with E-state index in [2.05, 4.69) is 22.8 Å². The van der Waals surface area contributed by atoms with Crippen molar-refractivity contribution in [2.75, 3.05) is 25.6 Å². The Morgan fingerprint density at radius 1 is 1.23 bits per heavy atom. The first-order chi connectivity index (χ1) is 14.3. The Labute approximate surface area is 179 Å². The maximum Gasteiger partial charge on any atom is 0.416 e. The molecule has 1 fully saturated rings. The number of hydrogen-bond donors (Lipinski definition) is 3. The summed E-state index contributed by atoms with van der Waals surface area (Å²) < 4.78 is 44.2. The molecule has 0 amide bonds. The number of rotatable bonds is 9. The third kappa shape index (κ3) is 6.91. The van der Waals surface area contributed by atoms with Gasteiger partial charge in [0.05, 0.1) is 11.7 Å². The molecule has 30 heavy (non-hydrogen) atoms. The second-order valence-electron chi connectivity index (χ2n) is 7.49. The lowest BCUT2D eigenvalue weighted by Gasteiger charge is -2.19. The summed E-state index contributed by atoms with van der Waals surface area (Å²) in [7, 11) is 0. The van der Waals surface area contributed by atoms with Crippen molar-refractivity contribution in [3.05, 3.63) is 65.2 Å². The van der Waals surface area contributed by atoms with Gasteiger partial charge in [0, 0.05) is 30.3 Å². The van der Waals surface area contributed by atoms with Gasteiger partial charge in [0.25, 0.3) is 0 Å². The van der Waals surface area contributed by atoms with Crippen molar-refractivity contribution in [3.8, 4) is 5.75 Å². The molecule has 2 aromatic rings. The molecule has 0 bridgehead atoms. The molecule has 3 N–H and O–H groups in total. The van der Waals surface area contributed by atoms with Crippen LogP contribution in [0.1, 0.15) is 29.7 Å². The van der Waals surface area contributed by atoms with Crippen LogP contribution in [0.5, 0.6) is 5.75 Å². The zero-order valence-corrected chi connectivity index (χ0v) is 17.6. The molecular weight excluding hydrogens is 413 g/mol. The smallest absolute Gasteiger partial charge is 0.416 e. The molecule has 3 rings (SSSR count). The van der Waals surface area contributed by atoms with Crippen LogP contribution in [0, 0.1) is 0 Å². The van der Waals surface area contributed by atoms with E-state index in [4.69, 9.17) is 4.74 Å². The first-order valence-corrected chi connectivity index (χ1v) is 11.0. The monoisotopic (exact) mass is 440 g/mol. The molecule has 0 spiro atoms. The average molecular weight is 441 g/mol. The molecule has 1 aliphatic heterocycles. The maximum absolute atomic E-state index is 12.8. The van der Waals surface area contributed by atoms with Gasteiger partial charge in [-0.3, -0.25) is 0 Å². The van der Waals surface area contributed by atoms with Crippen LogP contribution in [0.15, 0.2) is 48.5 Å². The quantitative estimate of drug-likeness (QED) is 0.550. The van der Waals surface area contributed by atoms with E-state index in [-0.39, 0.29) is 18.2 Å². The van der Waals surface area contributed by atoms with Crippen LogP contribution in [-0.2, 0) is 12.6 Å². The van der Waals surface area contributed by atoms with E-state index in [0.717, 1.165) is 36.7 Å². The van der Waals surface area contributed by atoms with Crippen molar-refractivity contribution in [2.24, 2.45) is 0 Å². The van der Waals surface area contributed by atoms with Gasteiger partial charge >= 0.3 is 6.18 Å². The number of thioether (sulfide) groups is 1. The Kier molecular flexibility index (Phi) is 8.05. The molecule has 0 radical (unpaired) electrons. The van der Waals surface area contributed by atoms with Crippen molar-refractivity contribution in [1.82, 2.24) is 10.6 Å². The van der Waals surface area contributed by atoms with Gasteiger partial charge in [0.1, 0.15) is 12.4 Å². The Morgan fingerprint density at radius 2 is 2.00 bits per heavy atom. The van der Waals surface area contributed by atoms with Crippen LogP contribution in [0.25, 0.3) is 0 Å². The molecule has 2 unspecified atom stereocenters. The number of ether oxygens (including phenoxy) is 1. The lowest BCUT2D eigenvalue weighted by atomic mass is 10.1. The van der Waals surface area contributed by atoms with E-state index < -0.39 is 17.8 Å². The lowest BCUT2D eigenvalue weighted by Crippen LogP contribution is -2.35. The maximum atomic E-state index is 12.8. The highest BCUT2D eigenvalue weighted by Crippen LogP contribution is 2.30. The standard InChI is InChI=1S/C22H27F3N2O2S/c1-15(27-12-21(28)17-3-2-4-18(10-17)22(23,24)25)13-29-19-7-5-16(6-8-19)9-20-11-26-14-30-20/h2-8,10,15,20-21,26-28H,9,11-14H2,1H3/t15?,20-,21?/m1/s1. The Bertz CT molecular complexity index is 796. The number of halogens is 3. The molecule has 164 valence electrons. The number of benzene rings is 2. The van der Waals surface area contributed by atoms with Crippen LogP contribution >= 0.6 is 11.8 Å². The number of aliphatic hydroxyl groups is 1. The van der Waals surface area contributed by atoms with E-state index >= 15 is 0 Å². The van der Waals surface area contributed by atoms with Crippen molar-refractivity contribution in [3.63, 3.8) is 0 Å². The predicted molar refractivity (Wildman–Crippen MR) is 114 cm³/mol. The van der Waals surface area contributed by atoms with Gasteiger partial charge in [0.15, 0.2) is 0 Å². The predicted octanol–water partition coefficient (Wildman–Crippen LogP) is 4.00. The minimum atomic E-state index is -4.42. The fourth-order valence-electron chi connectivity index (χ4n) is 3.20. The van der Waals surface area contributed by atoms with Gasteiger partial charge < -0.3 is 20.5 Å². The highest BCUT2D eigenvalue weighted by Gasteiger charge is 2.30. The Balaban J connectivity index is 1.41. The Hall–Kier alpha value is -1.74. The van der Waals surface area contributed by atoms with E-state index in [9.17, 15) is 18.3 Å². The SMILES string of the molecule is CC(COc1ccc(C[C@@H]2CNCS2)cc1)NCC(O)c1cccc(C(F)(F)F)c1. The fourth-order valence-corrected chi connectivity index (χ4v) is 4.22. The van der Waals surface area contributed by atoms with Crippen molar-refractivity contribution in [1.29, 1.82) is 0 Å². The third-order valence-corrected chi connectivity index (χ3v) is 6.11. The number of hydrogen-bond acceptors (Lipinski definition) is 5. The summed E-state index contributed by atoms with van der Waals surface area (Å²) in [5.74, 6) is 1.78. The summed E-state index contributed by atoms with van der Waals surface area (Å²) in [4.78, 5) is 0. The summed E-state index contributed by atoms with van der Waals surface area (Å²) >= 11 is 1.94. The van der Waals surface area contributed by atoms with Crippen LogP contribution < -0.4 is 15.4 Å². The van der Waals surface area contributed by atoms with Crippen LogP contribution in [0.3, 0.4) is 0 Å². The molecule has 4 nitrogen and oxygen atoms in total. The molecule has 2 aromatic carbocycles. The van der Waals surface area contributed by atoms with E-state index in [1.54, 1.807) is 0 Å². The number of alkyl halides is 3.